The Kier molecular flexibility index (Phi) is 23.8. The van der Waals surface area contributed by atoms with Crippen molar-refractivity contribution in [2.75, 3.05) is 26.4 Å². The zero-order valence-electron chi connectivity index (χ0n) is 30.8. The molecule has 0 aliphatic heterocycles. The molecule has 0 saturated heterocycles. The van der Waals surface area contributed by atoms with Gasteiger partial charge in [0, 0.05) is 36.2 Å². The van der Waals surface area contributed by atoms with E-state index < -0.39 is 16.6 Å². The van der Waals surface area contributed by atoms with Crippen LogP contribution in [-0.2, 0) is 18.3 Å². The summed E-state index contributed by atoms with van der Waals surface area (Å²) in [5.41, 5.74) is 0. The van der Waals surface area contributed by atoms with Crippen molar-refractivity contribution >= 4 is 77.5 Å². The molecule has 2 aliphatic carbocycles. The van der Waals surface area contributed by atoms with Crippen molar-refractivity contribution in [1.29, 1.82) is 0 Å². The number of unbranched alkanes of at least 4 members (excludes halogenated alkanes) is 4. The Bertz CT molecular complexity index is 716. The van der Waals surface area contributed by atoms with E-state index >= 15 is 0 Å². The van der Waals surface area contributed by atoms with Crippen LogP contribution < -0.4 is 0 Å². The molecule has 0 spiro atoms. The summed E-state index contributed by atoms with van der Waals surface area (Å²) >= 11 is 0. The van der Waals surface area contributed by atoms with Crippen LogP contribution in [0.15, 0.2) is 0 Å². The third kappa shape index (κ3) is 13.1. The lowest BCUT2D eigenvalue weighted by Gasteiger charge is -2.51. The molecule has 12 heteroatoms. The average molecular weight is 792 g/mol. The van der Waals surface area contributed by atoms with Crippen molar-refractivity contribution in [3.05, 3.63) is 0 Å². The molecule has 2 saturated carbocycles. The number of hydrogen-bond donors (Lipinski definition) is 0. The first-order valence-corrected chi connectivity index (χ1v) is 31.3. The van der Waals surface area contributed by atoms with E-state index in [1.165, 1.54) is 89.9 Å². The van der Waals surface area contributed by atoms with Crippen LogP contribution in [0.3, 0.4) is 0 Å². The minimum absolute atomic E-state index is 0.0415. The van der Waals surface area contributed by atoms with E-state index in [4.69, 9.17) is 18.3 Å². The molecule has 2 aliphatic rings. The fourth-order valence-corrected chi connectivity index (χ4v) is 33.9. The van der Waals surface area contributed by atoms with Gasteiger partial charge in [0.1, 0.15) is 0 Å². The molecule has 0 heterocycles. The first kappa shape index (κ1) is 44.5. The molecule has 4 nitrogen and oxygen atoms in total. The number of ether oxygens (including phenoxy) is 2. The number of rotatable bonds is 27. The quantitative estimate of drug-likeness (QED) is 0.0456. The van der Waals surface area contributed by atoms with Crippen LogP contribution in [0.4, 0.5) is 0 Å². The van der Waals surface area contributed by atoms with Crippen LogP contribution in [0.5, 0.6) is 0 Å². The Morgan fingerprint density at radius 2 is 0.826 bits per heavy atom. The first-order chi connectivity index (χ1) is 22.2. The highest BCUT2D eigenvalue weighted by Crippen LogP contribution is 2.57. The molecule has 0 N–H and O–H groups in total. The zero-order chi connectivity index (χ0) is 33.8. The Labute approximate surface area is 310 Å². The van der Waals surface area contributed by atoms with Crippen LogP contribution >= 0.6 is 60.9 Å². The van der Waals surface area contributed by atoms with Gasteiger partial charge in [-0.25, -0.2) is 0 Å². The summed E-state index contributed by atoms with van der Waals surface area (Å²) in [6.07, 6.45) is 21.8. The molecule has 0 bridgehead atoms. The standard InChI is InChI=1S/C34H70O4S6Si2/c1-9-13-27-35-33(23-19-17-20-24-33)45(7,37-29-15-11-3)31(5)39-41-43-44-42-40-32(6)46(8,38-30-16-12-4)34(36-28-14-10-2)25-21-18-22-26-34/h31-32H,9-30H2,1-8H3. The predicted molar refractivity (Wildman–Crippen MR) is 223 cm³/mol. The molecule has 46 heavy (non-hydrogen) atoms. The fourth-order valence-electron chi connectivity index (χ4n) is 7.09. The summed E-state index contributed by atoms with van der Waals surface area (Å²) in [4.78, 5) is 0.931. The van der Waals surface area contributed by atoms with Gasteiger partial charge in [-0.2, -0.15) is 0 Å². The lowest BCUT2D eigenvalue weighted by atomic mass is 9.97. The molecular weight excluding hydrogens is 721 g/mol. The van der Waals surface area contributed by atoms with E-state index in [0.29, 0.717) is 9.75 Å². The molecule has 4 unspecified atom stereocenters. The molecule has 0 radical (unpaired) electrons. The van der Waals surface area contributed by atoms with Crippen LogP contribution in [0, 0.1) is 0 Å². The van der Waals surface area contributed by atoms with Crippen molar-refractivity contribution in [1.82, 2.24) is 0 Å². The molecule has 2 fully saturated rings. The van der Waals surface area contributed by atoms with Gasteiger partial charge in [0.05, 0.1) is 10.4 Å². The van der Waals surface area contributed by atoms with Gasteiger partial charge < -0.3 is 18.3 Å². The van der Waals surface area contributed by atoms with Gasteiger partial charge in [0.15, 0.2) is 0 Å². The zero-order valence-corrected chi connectivity index (χ0v) is 37.7. The molecule has 0 amide bonds. The summed E-state index contributed by atoms with van der Waals surface area (Å²) in [6, 6.07) is 0. The Morgan fingerprint density at radius 3 is 1.15 bits per heavy atom. The Morgan fingerprint density at radius 1 is 0.500 bits per heavy atom. The van der Waals surface area contributed by atoms with Gasteiger partial charge in [0.2, 0.25) is 16.6 Å². The van der Waals surface area contributed by atoms with E-state index in [2.05, 4.69) is 54.6 Å². The molecular formula is C34H70O4S6Si2. The van der Waals surface area contributed by atoms with Crippen LogP contribution in [0.1, 0.15) is 157 Å². The van der Waals surface area contributed by atoms with E-state index in [9.17, 15) is 0 Å². The summed E-state index contributed by atoms with van der Waals surface area (Å²) < 4.78 is 27.9. The highest BCUT2D eigenvalue weighted by molar-refractivity contribution is 9.42. The van der Waals surface area contributed by atoms with Crippen LogP contribution in [0.25, 0.3) is 0 Å². The number of hydrogen-bond acceptors (Lipinski definition) is 10. The van der Waals surface area contributed by atoms with Gasteiger partial charge in [-0.3, -0.25) is 0 Å². The van der Waals surface area contributed by atoms with Gasteiger partial charge in [-0.15, -0.1) is 0 Å². The average Bonchev–Trinajstić information content (AvgIpc) is 3.07. The maximum atomic E-state index is 7.03. The maximum absolute atomic E-state index is 7.03. The maximum Gasteiger partial charge on any atom is 0.234 e. The minimum Gasteiger partial charge on any atom is -0.413 e. The second kappa shape index (κ2) is 24.6. The van der Waals surface area contributed by atoms with Crippen molar-refractivity contribution in [3.63, 3.8) is 0 Å². The van der Waals surface area contributed by atoms with E-state index in [1.54, 1.807) is 0 Å². The third-order valence-corrected chi connectivity index (χ3v) is 35.8. The van der Waals surface area contributed by atoms with Crippen molar-refractivity contribution in [3.8, 4) is 0 Å². The molecule has 0 aromatic rings. The second-order valence-corrected chi connectivity index (χ2v) is 33.3. The highest BCUT2D eigenvalue weighted by Gasteiger charge is 2.58. The highest BCUT2D eigenvalue weighted by atomic mass is 33.9. The monoisotopic (exact) mass is 790 g/mol. The summed E-state index contributed by atoms with van der Waals surface area (Å²) in [5, 5.41) is -0.0831. The van der Waals surface area contributed by atoms with E-state index in [0.717, 1.165) is 52.1 Å². The largest absolute Gasteiger partial charge is 0.413 e. The van der Waals surface area contributed by atoms with Crippen molar-refractivity contribution < 1.29 is 18.3 Å². The SMILES string of the molecule is CCCCOC1([Si](C)(OCCCC)C(C)SSSSSSC(C)[Si](C)(OCCCC)C2(OCCCC)CCCCC2)CCCCC1. The summed E-state index contributed by atoms with van der Waals surface area (Å²) in [6.45, 7) is 22.5. The van der Waals surface area contributed by atoms with Crippen molar-refractivity contribution in [2.45, 2.75) is 190 Å². The third-order valence-electron chi connectivity index (χ3n) is 10.7. The Hall–Kier alpha value is 2.37. The molecule has 274 valence electrons. The lowest BCUT2D eigenvalue weighted by Crippen LogP contribution is -2.66. The normalized spacial score (nSPS) is 22.2. The smallest absolute Gasteiger partial charge is 0.234 e. The molecule has 0 aromatic carbocycles. The van der Waals surface area contributed by atoms with Gasteiger partial charge in [-0.1, -0.05) is 127 Å². The molecule has 2 rings (SSSR count). The van der Waals surface area contributed by atoms with E-state index in [-0.39, 0.29) is 10.4 Å². The lowest BCUT2D eigenvalue weighted by molar-refractivity contribution is -0.0324. The predicted octanol–water partition coefficient (Wildman–Crippen LogP) is 13.7. The fraction of sp³-hybridized carbons (Fsp3) is 1.00. The minimum atomic E-state index is -2.20. The summed E-state index contributed by atoms with van der Waals surface area (Å²) in [7, 11) is 7.44. The van der Waals surface area contributed by atoms with Crippen molar-refractivity contribution in [2.24, 2.45) is 0 Å². The van der Waals surface area contributed by atoms with Crippen LogP contribution in [-0.4, -0.2) is 63.3 Å². The molecule has 4 atom stereocenters. The topological polar surface area (TPSA) is 36.9 Å². The van der Waals surface area contributed by atoms with Gasteiger partial charge >= 0.3 is 0 Å². The molecule has 0 aromatic heterocycles. The van der Waals surface area contributed by atoms with E-state index in [1.807, 2.05) is 60.9 Å². The van der Waals surface area contributed by atoms with Gasteiger partial charge in [0.25, 0.3) is 0 Å². The second-order valence-electron chi connectivity index (χ2n) is 13.9. The van der Waals surface area contributed by atoms with Crippen LogP contribution in [0.2, 0.25) is 13.1 Å². The first-order valence-electron chi connectivity index (χ1n) is 18.8. The summed E-state index contributed by atoms with van der Waals surface area (Å²) in [5.74, 6) is 0. The Balaban J connectivity index is 2.01. The van der Waals surface area contributed by atoms with Gasteiger partial charge in [-0.05, 0) is 104 Å².